The van der Waals surface area contributed by atoms with E-state index in [4.69, 9.17) is 4.74 Å². The van der Waals surface area contributed by atoms with Crippen LogP contribution >= 0.6 is 0 Å². The van der Waals surface area contributed by atoms with Crippen molar-refractivity contribution in [2.45, 2.75) is 13.0 Å². The molecule has 0 aliphatic rings. The summed E-state index contributed by atoms with van der Waals surface area (Å²) in [6.45, 7) is 1.41. The number of hydrogen-bond acceptors (Lipinski definition) is 3. The zero-order valence-corrected chi connectivity index (χ0v) is 9.83. The highest BCUT2D eigenvalue weighted by Gasteiger charge is 2.19. The lowest BCUT2D eigenvalue weighted by molar-refractivity contribution is -0.145. The Labute approximate surface area is 99.8 Å². The van der Waals surface area contributed by atoms with E-state index in [-0.39, 0.29) is 5.97 Å². The number of rotatable bonds is 3. The highest BCUT2D eigenvalue weighted by Crippen LogP contribution is 2.25. The van der Waals surface area contributed by atoms with Gasteiger partial charge in [-0.1, -0.05) is 30.3 Å². The molecular weight excluding hydrogens is 216 g/mol. The van der Waals surface area contributed by atoms with Crippen LogP contribution in [0.1, 0.15) is 24.3 Å². The summed E-state index contributed by atoms with van der Waals surface area (Å²) in [6.07, 6.45) is 1.29. The zero-order chi connectivity index (χ0) is 12.3. The van der Waals surface area contributed by atoms with E-state index in [0.717, 1.165) is 11.3 Å². The van der Waals surface area contributed by atoms with Gasteiger partial charge in [-0.05, 0) is 11.6 Å². The van der Waals surface area contributed by atoms with Crippen molar-refractivity contribution in [1.29, 1.82) is 0 Å². The Kier molecular flexibility index (Phi) is 3.23. The van der Waals surface area contributed by atoms with Crippen LogP contribution in [0, 0.1) is 0 Å². The molecule has 2 aromatic rings. The fourth-order valence-corrected chi connectivity index (χ4v) is 1.73. The Morgan fingerprint density at radius 2 is 2.00 bits per heavy atom. The second-order valence-corrected chi connectivity index (χ2v) is 3.78. The average molecular weight is 230 g/mol. The van der Waals surface area contributed by atoms with Crippen LogP contribution in [0.5, 0.6) is 0 Å². The number of aromatic nitrogens is 2. The summed E-state index contributed by atoms with van der Waals surface area (Å²) in [6, 6.07) is 11.5. The van der Waals surface area contributed by atoms with Gasteiger partial charge in [-0.3, -0.25) is 9.48 Å². The Bertz CT molecular complexity index is 505. The third-order valence-electron chi connectivity index (χ3n) is 2.51. The maximum absolute atomic E-state index is 11.2. The SMILES string of the molecule is CC(=O)O[C@@H](c1ccccc1)c1ccnn1C. The summed E-state index contributed by atoms with van der Waals surface area (Å²) in [5.41, 5.74) is 1.79. The standard InChI is InChI=1S/C13H14N2O2/c1-10(16)17-13(11-6-4-3-5-7-11)12-8-9-14-15(12)2/h3-9,13H,1-2H3/t13-/m0/s1. The molecule has 1 aromatic heterocycles. The fraction of sp³-hybridized carbons (Fsp3) is 0.231. The first kappa shape index (κ1) is 11.4. The highest BCUT2D eigenvalue weighted by atomic mass is 16.5. The van der Waals surface area contributed by atoms with E-state index in [9.17, 15) is 4.79 Å². The van der Waals surface area contributed by atoms with Crippen LogP contribution in [0.25, 0.3) is 0 Å². The van der Waals surface area contributed by atoms with Gasteiger partial charge in [-0.25, -0.2) is 0 Å². The quantitative estimate of drug-likeness (QED) is 0.758. The molecule has 17 heavy (non-hydrogen) atoms. The predicted molar refractivity (Wildman–Crippen MR) is 63.3 cm³/mol. The molecule has 0 N–H and O–H groups in total. The third kappa shape index (κ3) is 2.53. The smallest absolute Gasteiger partial charge is 0.303 e. The Morgan fingerprint density at radius 3 is 2.53 bits per heavy atom. The topological polar surface area (TPSA) is 44.1 Å². The van der Waals surface area contributed by atoms with Gasteiger partial charge < -0.3 is 4.74 Å². The van der Waals surface area contributed by atoms with Gasteiger partial charge in [0.2, 0.25) is 0 Å². The lowest BCUT2D eigenvalue weighted by Crippen LogP contribution is -2.13. The number of carbonyl (C=O) groups is 1. The van der Waals surface area contributed by atoms with Gasteiger partial charge in [0.05, 0.1) is 5.69 Å². The molecule has 0 fully saturated rings. The number of esters is 1. The molecule has 0 saturated heterocycles. The van der Waals surface area contributed by atoms with Crippen molar-refractivity contribution < 1.29 is 9.53 Å². The lowest BCUT2D eigenvalue weighted by atomic mass is 10.1. The van der Waals surface area contributed by atoms with Crippen LogP contribution in [0.2, 0.25) is 0 Å². The van der Waals surface area contributed by atoms with E-state index in [0.29, 0.717) is 0 Å². The Morgan fingerprint density at radius 1 is 1.29 bits per heavy atom. The summed E-state index contributed by atoms with van der Waals surface area (Å²) in [4.78, 5) is 11.2. The number of ether oxygens (including phenoxy) is 1. The largest absolute Gasteiger partial charge is 0.451 e. The van der Waals surface area contributed by atoms with Crippen molar-refractivity contribution in [3.8, 4) is 0 Å². The number of nitrogens with zero attached hydrogens (tertiary/aromatic N) is 2. The normalized spacial score (nSPS) is 12.1. The van der Waals surface area contributed by atoms with E-state index in [2.05, 4.69) is 5.10 Å². The van der Waals surface area contributed by atoms with E-state index in [1.807, 2.05) is 43.4 Å². The molecule has 0 saturated carbocycles. The van der Waals surface area contributed by atoms with Crippen molar-refractivity contribution in [3.05, 3.63) is 53.9 Å². The molecule has 1 aromatic carbocycles. The van der Waals surface area contributed by atoms with E-state index >= 15 is 0 Å². The van der Waals surface area contributed by atoms with Crippen molar-refractivity contribution in [3.63, 3.8) is 0 Å². The van der Waals surface area contributed by atoms with Crippen molar-refractivity contribution in [2.75, 3.05) is 0 Å². The summed E-state index contributed by atoms with van der Waals surface area (Å²) in [5, 5.41) is 4.10. The Balaban J connectivity index is 2.39. The zero-order valence-electron chi connectivity index (χ0n) is 9.83. The van der Waals surface area contributed by atoms with Gasteiger partial charge in [0.25, 0.3) is 0 Å². The molecule has 4 nitrogen and oxygen atoms in total. The van der Waals surface area contributed by atoms with Crippen molar-refractivity contribution in [2.24, 2.45) is 7.05 Å². The molecule has 0 bridgehead atoms. The maximum atomic E-state index is 11.2. The number of benzene rings is 1. The van der Waals surface area contributed by atoms with Crippen molar-refractivity contribution in [1.82, 2.24) is 9.78 Å². The van der Waals surface area contributed by atoms with Crippen LogP contribution < -0.4 is 0 Å². The molecule has 0 radical (unpaired) electrons. The van der Waals surface area contributed by atoms with Crippen LogP contribution in [0.4, 0.5) is 0 Å². The van der Waals surface area contributed by atoms with Crippen LogP contribution in [-0.2, 0) is 16.6 Å². The molecule has 0 unspecified atom stereocenters. The summed E-state index contributed by atoms with van der Waals surface area (Å²) in [5.74, 6) is -0.306. The summed E-state index contributed by atoms with van der Waals surface area (Å²) in [7, 11) is 1.83. The third-order valence-corrected chi connectivity index (χ3v) is 2.51. The molecule has 1 atom stereocenters. The second kappa shape index (κ2) is 4.82. The van der Waals surface area contributed by atoms with Crippen LogP contribution in [-0.4, -0.2) is 15.7 Å². The predicted octanol–water partition coefficient (Wildman–Crippen LogP) is 2.07. The summed E-state index contributed by atoms with van der Waals surface area (Å²) >= 11 is 0. The van der Waals surface area contributed by atoms with Crippen molar-refractivity contribution >= 4 is 5.97 Å². The van der Waals surface area contributed by atoms with Gasteiger partial charge in [0.15, 0.2) is 6.10 Å². The second-order valence-electron chi connectivity index (χ2n) is 3.78. The first-order valence-electron chi connectivity index (χ1n) is 5.38. The molecule has 2 rings (SSSR count). The van der Waals surface area contributed by atoms with E-state index < -0.39 is 6.10 Å². The molecule has 0 aliphatic heterocycles. The Hall–Kier alpha value is -2.10. The summed E-state index contributed by atoms with van der Waals surface area (Å²) < 4.78 is 7.07. The molecule has 0 aliphatic carbocycles. The van der Waals surface area contributed by atoms with Crippen LogP contribution in [0.3, 0.4) is 0 Å². The molecule has 1 heterocycles. The number of hydrogen-bond donors (Lipinski definition) is 0. The van der Waals surface area contributed by atoms with Crippen LogP contribution in [0.15, 0.2) is 42.6 Å². The molecule has 0 amide bonds. The van der Waals surface area contributed by atoms with Gasteiger partial charge >= 0.3 is 5.97 Å². The van der Waals surface area contributed by atoms with Gasteiger partial charge in [-0.2, -0.15) is 5.10 Å². The fourth-order valence-electron chi connectivity index (χ4n) is 1.73. The van der Waals surface area contributed by atoms with Gasteiger partial charge in [0.1, 0.15) is 0 Å². The molecular formula is C13H14N2O2. The maximum Gasteiger partial charge on any atom is 0.303 e. The molecule has 4 heteroatoms. The minimum Gasteiger partial charge on any atom is -0.451 e. The first-order chi connectivity index (χ1) is 8.18. The van der Waals surface area contributed by atoms with E-state index in [1.54, 1.807) is 10.9 Å². The monoisotopic (exact) mass is 230 g/mol. The average Bonchev–Trinajstić information content (AvgIpc) is 2.73. The number of aryl methyl sites for hydroxylation is 1. The minimum atomic E-state index is -0.402. The first-order valence-corrected chi connectivity index (χ1v) is 5.38. The van der Waals surface area contributed by atoms with Gasteiger partial charge in [0, 0.05) is 20.2 Å². The number of carbonyl (C=O) groups excluding carboxylic acids is 1. The highest BCUT2D eigenvalue weighted by molar-refractivity contribution is 5.66. The molecule has 88 valence electrons. The lowest BCUT2D eigenvalue weighted by Gasteiger charge is -2.17. The van der Waals surface area contributed by atoms with Gasteiger partial charge in [-0.15, -0.1) is 0 Å². The minimum absolute atomic E-state index is 0.306. The molecule has 0 spiro atoms. The van der Waals surface area contributed by atoms with E-state index in [1.165, 1.54) is 6.92 Å².